The number of nitrogens with one attached hydrogen (secondary N) is 1. The largest absolute Gasteiger partial charge is 0.497 e. The number of ether oxygens (including phenoxy) is 2. The van der Waals surface area contributed by atoms with Crippen LogP contribution in [0.3, 0.4) is 0 Å². The van der Waals surface area contributed by atoms with Crippen molar-refractivity contribution in [2.75, 3.05) is 20.8 Å². The molecule has 1 aliphatic heterocycles. The van der Waals surface area contributed by atoms with Crippen LogP contribution in [0, 0.1) is 13.8 Å². The van der Waals surface area contributed by atoms with E-state index in [1.54, 1.807) is 14.2 Å². The first-order valence-corrected chi connectivity index (χ1v) is 9.80. The number of urea groups is 1. The van der Waals surface area contributed by atoms with Gasteiger partial charge in [0.1, 0.15) is 11.5 Å². The Labute approximate surface area is 167 Å². The number of carbonyl (C=O) groups is 1. The van der Waals surface area contributed by atoms with Gasteiger partial charge in [0.05, 0.1) is 26.3 Å². The van der Waals surface area contributed by atoms with Crippen LogP contribution in [0.1, 0.15) is 54.1 Å². The summed E-state index contributed by atoms with van der Waals surface area (Å²) in [5, 5.41) is 3.17. The third-order valence-electron chi connectivity index (χ3n) is 5.39. The number of nitrogens with zero attached hydrogens (tertiary/aromatic N) is 1. The van der Waals surface area contributed by atoms with E-state index < -0.39 is 0 Å². The summed E-state index contributed by atoms with van der Waals surface area (Å²) in [6, 6.07) is 12.0. The Kier molecular flexibility index (Phi) is 6.12. The molecule has 150 valence electrons. The minimum Gasteiger partial charge on any atom is -0.497 e. The number of aryl methyl sites for hydroxylation is 2. The van der Waals surface area contributed by atoms with Crippen LogP contribution >= 0.6 is 0 Å². The Balaban J connectivity index is 1.80. The molecule has 3 rings (SSSR count). The maximum atomic E-state index is 13.1. The third-order valence-corrected chi connectivity index (χ3v) is 5.39. The Morgan fingerprint density at radius 3 is 2.46 bits per heavy atom. The zero-order valence-corrected chi connectivity index (χ0v) is 17.4. The molecule has 1 aliphatic rings. The summed E-state index contributed by atoms with van der Waals surface area (Å²) in [7, 11) is 3.31. The Morgan fingerprint density at radius 2 is 1.82 bits per heavy atom. The van der Waals surface area contributed by atoms with Crippen molar-refractivity contribution in [3.8, 4) is 11.5 Å². The first-order chi connectivity index (χ1) is 13.4. The normalized spacial score (nSPS) is 17.3. The van der Waals surface area contributed by atoms with E-state index in [4.69, 9.17) is 9.47 Å². The van der Waals surface area contributed by atoms with Gasteiger partial charge in [-0.1, -0.05) is 29.3 Å². The zero-order chi connectivity index (χ0) is 20.3. The fraction of sp³-hybridized carbons (Fsp3) is 0.435. The van der Waals surface area contributed by atoms with Gasteiger partial charge in [-0.2, -0.15) is 0 Å². The highest BCUT2D eigenvalue weighted by molar-refractivity contribution is 5.76. The van der Waals surface area contributed by atoms with Crippen molar-refractivity contribution in [2.24, 2.45) is 0 Å². The number of carbonyl (C=O) groups excluding carboxylic acids is 1. The lowest BCUT2D eigenvalue weighted by Gasteiger charge is -2.28. The van der Waals surface area contributed by atoms with Gasteiger partial charge in [-0.15, -0.1) is 0 Å². The predicted octanol–water partition coefficient (Wildman–Crippen LogP) is 4.93. The zero-order valence-electron chi connectivity index (χ0n) is 17.4. The molecular weight excluding hydrogens is 352 g/mol. The van der Waals surface area contributed by atoms with E-state index >= 15 is 0 Å². The second-order valence-electron chi connectivity index (χ2n) is 7.55. The van der Waals surface area contributed by atoms with Crippen LogP contribution in [0.5, 0.6) is 11.5 Å². The molecular formula is C23H30N2O3. The van der Waals surface area contributed by atoms with E-state index in [-0.39, 0.29) is 18.1 Å². The van der Waals surface area contributed by atoms with E-state index in [1.807, 2.05) is 30.0 Å². The van der Waals surface area contributed by atoms with Gasteiger partial charge in [0.25, 0.3) is 0 Å². The quantitative estimate of drug-likeness (QED) is 0.798. The molecule has 5 heteroatoms. The van der Waals surface area contributed by atoms with E-state index in [2.05, 4.69) is 37.4 Å². The molecule has 1 heterocycles. The molecule has 0 spiro atoms. The molecule has 1 N–H and O–H groups in total. The van der Waals surface area contributed by atoms with Crippen LogP contribution in [0.2, 0.25) is 0 Å². The fourth-order valence-corrected chi connectivity index (χ4v) is 4.04. The van der Waals surface area contributed by atoms with Gasteiger partial charge < -0.3 is 19.7 Å². The number of methoxy groups -OCH3 is 2. The average molecular weight is 383 g/mol. The predicted molar refractivity (Wildman–Crippen MR) is 111 cm³/mol. The van der Waals surface area contributed by atoms with Crippen molar-refractivity contribution < 1.29 is 14.3 Å². The van der Waals surface area contributed by atoms with Crippen LogP contribution in [-0.2, 0) is 0 Å². The molecule has 1 fully saturated rings. The molecule has 0 aromatic heterocycles. The van der Waals surface area contributed by atoms with Gasteiger partial charge in [0.15, 0.2) is 0 Å². The molecule has 2 aromatic rings. The van der Waals surface area contributed by atoms with E-state index in [1.165, 1.54) is 11.1 Å². The summed E-state index contributed by atoms with van der Waals surface area (Å²) in [4.78, 5) is 15.0. The van der Waals surface area contributed by atoms with Gasteiger partial charge in [0, 0.05) is 12.1 Å². The van der Waals surface area contributed by atoms with Gasteiger partial charge in [-0.25, -0.2) is 4.79 Å². The van der Waals surface area contributed by atoms with Crippen molar-refractivity contribution in [2.45, 2.75) is 45.7 Å². The summed E-state index contributed by atoms with van der Waals surface area (Å²) >= 11 is 0. The molecule has 2 amide bonds. The smallest absolute Gasteiger partial charge is 0.318 e. The SMILES string of the molecule is COc1ccc(OC)c(C2CCCN2C(=O)NC(C)c2cc(C)cc(C)c2)c1. The van der Waals surface area contributed by atoms with Crippen molar-refractivity contribution in [3.05, 3.63) is 58.7 Å². The highest BCUT2D eigenvalue weighted by Crippen LogP contribution is 2.39. The summed E-state index contributed by atoms with van der Waals surface area (Å²) in [5.41, 5.74) is 4.53. The van der Waals surface area contributed by atoms with Gasteiger partial charge in [-0.05, 0) is 57.4 Å². The average Bonchev–Trinajstić information content (AvgIpc) is 3.16. The van der Waals surface area contributed by atoms with Gasteiger partial charge >= 0.3 is 6.03 Å². The minimum atomic E-state index is -0.0560. The molecule has 2 atom stereocenters. The van der Waals surface area contributed by atoms with Gasteiger partial charge in [-0.3, -0.25) is 0 Å². The lowest BCUT2D eigenvalue weighted by atomic mass is 10.0. The minimum absolute atomic E-state index is 0.0171. The highest BCUT2D eigenvalue weighted by Gasteiger charge is 2.32. The molecule has 28 heavy (non-hydrogen) atoms. The topological polar surface area (TPSA) is 50.8 Å². The van der Waals surface area contributed by atoms with Crippen LogP contribution in [0.4, 0.5) is 4.79 Å². The van der Waals surface area contributed by atoms with Crippen molar-refractivity contribution >= 4 is 6.03 Å². The summed E-state index contributed by atoms with van der Waals surface area (Å²) in [6.45, 7) is 6.92. The van der Waals surface area contributed by atoms with Crippen LogP contribution in [0.15, 0.2) is 36.4 Å². The second kappa shape index (κ2) is 8.55. The molecule has 2 aromatic carbocycles. The molecule has 0 radical (unpaired) electrons. The summed E-state index contributed by atoms with van der Waals surface area (Å²) in [5.74, 6) is 1.56. The molecule has 0 aliphatic carbocycles. The molecule has 0 bridgehead atoms. The lowest BCUT2D eigenvalue weighted by Crippen LogP contribution is -2.40. The second-order valence-corrected chi connectivity index (χ2v) is 7.55. The van der Waals surface area contributed by atoms with Gasteiger partial charge in [0.2, 0.25) is 0 Å². The number of hydrogen-bond donors (Lipinski definition) is 1. The maximum absolute atomic E-state index is 13.1. The first-order valence-electron chi connectivity index (χ1n) is 9.80. The van der Waals surface area contributed by atoms with E-state index in [0.29, 0.717) is 0 Å². The Bertz CT molecular complexity index is 829. The van der Waals surface area contributed by atoms with Crippen LogP contribution < -0.4 is 14.8 Å². The lowest BCUT2D eigenvalue weighted by molar-refractivity contribution is 0.188. The molecule has 2 unspecified atom stereocenters. The first kappa shape index (κ1) is 20.1. The van der Waals surface area contributed by atoms with Crippen molar-refractivity contribution in [1.82, 2.24) is 10.2 Å². The van der Waals surface area contributed by atoms with E-state index in [9.17, 15) is 4.79 Å². The van der Waals surface area contributed by atoms with Crippen LogP contribution in [-0.4, -0.2) is 31.7 Å². The number of amides is 2. The Morgan fingerprint density at radius 1 is 1.11 bits per heavy atom. The number of benzene rings is 2. The standard InChI is InChI=1S/C23H30N2O3/c1-15-11-16(2)13-18(12-15)17(3)24-23(26)25-10-6-7-21(25)20-14-19(27-4)8-9-22(20)28-5/h8-9,11-14,17,21H,6-7,10H2,1-5H3,(H,24,26). The molecule has 1 saturated heterocycles. The number of rotatable bonds is 5. The Hall–Kier alpha value is -2.69. The van der Waals surface area contributed by atoms with Crippen molar-refractivity contribution in [3.63, 3.8) is 0 Å². The summed E-state index contributed by atoms with van der Waals surface area (Å²) < 4.78 is 10.9. The van der Waals surface area contributed by atoms with Crippen molar-refractivity contribution in [1.29, 1.82) is 0 Å². The number of likely N-dealkylation sites (tertiary alicyclic amines) is 1. The monoisotopic (exact) mass is 382 g/mol. The highest BCUT2D eigenvalue weighted by atomic mass is 16.5. The molecule has 5 nitrogen and oxygen atoms in total. The fourth-order valence-electron chi connectivity index (χ4n) is 4.04. The van der Waals surface area contributed by atoms with E-state index in [0.717, 1.165) is 42.0 Å². The maximum Gasteiger partial charge on any atom is 0.318 e. The number of hydrogen-bond acceptors (Lipinski definition) is 3. The summed E-state index contributed by atoms with van der Waals surface area (Å²) in [6.07, 6.45) is 1.88. The third kappa shape index (κ3) is 4.24. The van der Waals surface area contributed by atoms with Crippen LogP contribution in [0.25, 0.3) is 0 Å². The molecule has 0 saturated carbocycles.